The number of halogens is 3. The molecule has 3 aromatic carbocycles. The molecule has 2 saturated heterocycles. The number of alkyl halides is 3. The van der Waals surface area contributed by atoms with Crippen LogP contribution in [0.1, 0.15) is 58.9 Å². The van der Waals surface area contributed by atoms with Gasteiger partial charge in [-0.2, -0.15) is 13.2 Å². The molecule has 346 valence electrons. The summed E-state index contributed by atoms with van der Waals surface area (Å²) in [5.41, 5.74) is 3.19. The van der Waals surface area contributed by atoms with E-state index in [1.54, 1.807) is 76.2 Å². The summed E-state index contributed by atoms with van der Waals surface area (Å²) < 4.78 is 52.1. The molecule has 0 bridgehead atoms. The number of rotatable bonds is 13. The molecule has 0 radical (unpaired) electrons. The molecule has 6 rings (SSSR count). The number of hydrogen-bond acceptors (Lipinski definition) is 8. The molecule has 2 aliphatic rings. The average Bonchev–Trinajstić information content (AvgIpc) is 4.08. The number of carbonyl (C=O) groups excluding carboxylic acids is 6. The van der Waals surface area contributed by atoms with Crippen molar-refractivity contribution in [3.8, 4) is 28.2 Å². The third-order valence-corrected chi connectivity index (χ3v) is 11.7. The van der Waals surface area contributed by atoms with Crippen molar-refractivity contribution < 1.29 is 51.4 Å². The summed E-state index contributed by atoms with van der Waals surface area (Å²) in [7, 11) is 2.42. The zero-order valence-electron chi connectivity index (χ0n) is 37.0. The maximum Gasteiger partial charge on any atom is 0.416 e. The highest BCUT2D eigenvalue weighted by Gasteiger charge is 2.40. The fraction of sp³-hybridized carbons (Fsp3) is 0.404. The topological polar surface area (TPSA) is 180 Å². The molecule has 6 amide bonds. The van der Waals surface area contributed by atoms with Crippen molar-refractivity contribution in [3.05, 3.63) is 90.5 Å². The van der Waals surface area contributed by atoms with Crippen LogP contribution in [0.3, 0.4) is 0 Å². The maximum atomic E-state index is 13.6. The Balaban J connectivity index is 1.22. The summed E-state index contributed by atoms with van der Waals surface area (Å²) in [6.45, 7) is 7.85. The number of likely N-dealkylation sites (tertiary alicyclic amines) is 2. The number of alkyl carbamates (subject to hydrolysis) is 2. The van der Waals surface area contributed by atoms with E-state index in [1.165, 1.54) is 36.2 Å². The summed E-state index contributed by atoms with van der Waals surface area (Å²) >= 11 is 0. The van der Waals surface area contributed by atoms with Crippen LogP contribution >= 0.6 is 0 Å². The number of hydrogen-bond donors (Lipinski definition) is 4. The van der Waals surface area contributed by atoms with Crippen LogP contribution in [0.5, 0.6) is 0 Å². The third kappa shape index (κ3) is 10.9. The number of nitrogens with one attached hydrogen (secondary N) is 4. The average molecular weight is 902 g/mol. The molecule has 4 atom stereocenters. The first kappa shape index (κ1) is 47.6. The van der Waals surface area contributed by atoms with Gasteiger partial charge in [0.15, 0.2) is 0 Å². The van der Waals surface area contributed by atoms with Crippen molar-refractivity contribution >= 4 is 47.2 Å². The highest BCUT2D eigenvalue weighted by molar-refractivity contribution is 6.00. The van der Waals surface area contributed by atoms with Gasteiger partial charge in [0.1, 0.15) is 24.2 Å². The molecular weight excluding hydrogens is 848 g/mol. The fourth-order valence-electron chi connectivity index (χ4n) is 8.23. The first-order chi connectivity index (χ1) is 30.9. The molecule has 0 saturated carbocycles. The van der Waals surface area contributed by atoms with Gasteiger partial charge in [-0.25, -0.2) is 9.59 Å². The summed E-state index contributed by atoms with van der Waals surface area (Å²) in [5.74, 6) is -2.06. The number of nitrogens with zero attached hydrogens (tertiary/aromatic N) is 3. The van der Waals surface area contributed by atoms with Gasteiger partial charge in [0, 0.05) is 30.2 Å². The lowest BCUT2D eigenvalue weighted by molar-refractivity contribution is -0.139. The Kier molecular flexibility index (Phi) is 14.9. The molecule has 0 aliphatic carbocycles. The van der Waals surface area contributed by atoms with E-state index in [0.29, 0.717) is 78.3 Å². The Labute approximate surface area is 375 Å². The van der Waals surface area contributed by atoms with E-state index in [9.17, 15) is 41.9 Å². The van der Waals surface area contributed by atoms with Crippen LogP contribution in [0.2, 0.25) is 0 Å². The van der Waals surface area contributed by atoms with Crippen LogP contribution in [-0.2, 0) is 34.8 Å². The SMILES string of the molecule is COC(=O)NC(C(=O)N1CCCC1C(=O)Nc1ccc(-c2ccc(-c3ccc(NC(=O)C4CCCN4C(=O)C(NC(=O)OC)C(C)C)cc3)n2-c2ccc(C(F)(F)F)cc2)cc1)C(C)C. The minimum absolute atomic E-state index is 0.260. The maximum absolute atomic E-state index is 13.6. The fourth-order valence-corrected chi connectivity index (χ4v) is 8.23. The second-order valence-electron chi connectivity index (χ2n) is 16.7. The van der Waals surface area contributed by atoms with E-state index in [1.807, 2.05) is 16.7 Å². The van der Waals surface area contributed by atoms with Crippen molar-refractivity contribution in [3.63, 3.8) is 0 Å². The van der Waals surface area contributed by atoms with Crippen LogP contribution in [0.15, 0.2) is 84.9 Å². The minimum atomic E-state index is -4.54. The number of carbonyl (C=O) groups is 6. The predicted octanol–water partition coefficient (Wildman–Crippen LogP) is 7.45. The van der Waals surface area contributed by atoms with Crippen molar-refractivity contribution in [2.45, 2.75) is 83.7 Å². The van der Waals surface area contributed by atoms with E-state index in [2.05, 4.69) is 21.3 Å². The smallest absolute Gasteiger partial charge is 0.416 e. The van der Waals surface area contributed by atoms with Gasteiger partial charge in [-0.15, -0.1) is 0 Å². The van der Waals surface area contributed by atoms with Crippen molar-refractivity contribution in [2.24, 2.45) is 11.8 Å². The monoisotopic (exact) mass is 901 g/mol. The summed E-state index contributed by atoms with van der Waals surface area (Å²) in [4.78, 5) is 81.1. The minimum Gasteiger partial charge on any atom is -0.453 e. The first-order valence-corrected chi connectivity index (χ1v) is 21.4. The molecule has 15 nitrogen and oxygen atoms in total. The Hall–Kier alpha value is -6.85. The molecule has 0 spiro atoms. The number of aromatic nitrogens is 1. The summed E-state index contributed by atoms with van der Waals surface area (Å²) in [6.07, 6.45) is -3.95. The highest BCUT2D eigenvalue weighted by Crippen LogP contribution is 2.36. The number of anilines is 2. The van der Waals surface area contributed by atoms with Gasteiger partial charge >= 0.3 is 18.4 Å². The summed E-state index contributed by atoms with van der Waals surface area (Å²) in [5, 5.41) is 10.9. The molecule has 4 aromatic rings. The third-order valence-electron chi connectivity index (χ3n) is 11.7. The van der Waals surface area contributed by atoms with E-state index in [4.69, 9.17) is 9.47 Å². The number of methoxy groups -OCH3 is 2. The van der Waals surface area contributed by atoms with Gasteiger partial charge in [-0.1, -0.05) is 52.0 Å². The van der Waals surface area contributed by atoms with Gasteiger partial charge < -0.3 is 45.1 Å². The van der Waals surface area contributed by atoms with Crippen LogP contribution in [0, 0.1) is 11.8 Å². The van der Waals surface area contributed by atoms with Crippen molar-refractivity contribution in [1.29, 1.82) is 0 Å². The zero-order chi connectivity index (χ0) is 47.2. The van der Waals surface area contributed by atoms with E-state index in [-0.39, 0.29) is 35.5 Å². The first-order valence-electron chi connectivity index (χ1n) is 21.4. The lowest BCUT2D eigenvalue weighted by atomic mass is 10.0. The van der Waals surface area contributed by atoms with E-state index >= 15 is 0 Å². The van der Waals surface area contributed by atoms with Gasteiger partial charge in [0.05, 0.1) is 31.2 Å². The molecule has 18 heteroatoms. The molecule has 4 unspecified atom stereocenters. The lowest BCUT2D eigenvalue weighted by Gasteiger charge is -2.30. The quantitative estimate of drug-likeness (QED) is 0.107. The Morgan fingerprint density at radius 3 is 1.31 bits per heavy atom. The van der Waals surface area contributed by atoms with Gasteiger partial charge in [0.2, 0.25) is 23.6 Å². The van der Waals surface area contributed by atoms with Crippen molar-refractivity contribution in [1.82, 2.24) is 25.0 Å². The van der Waals surface area contributed by atoms with Gasteiger partial charge in [-0.3, -0.25) is 19.2 Å². The molecular formula is C47H54F3N7O8. The predicted molar refractivity (Wildman–Crippen MR) is 237 cm³/mol. The van der Waals surface area contributed by atoms with Crippen LogP contribution in [0.4, 0.5) is 34.1 Å². The molecule has 2 aliphatic heterocycles. The molecule has 2 fully saturated rings. The Morgan fingerprint density at radius 2 is 0.969 bits per heavy atom. The second kappa shape index (κ2) is 20.3. The summed E-state index contributed by atoms with van der Waals surface area (Å²) in [6, 6.07) is 19.0. The van der Waals surface area contributed by atoms with Crippen LogP contribution in [-0.4, -0.2) is 102 Å². The Morgan fingerprint density at radius 1 is 0.585 bits per heavy atom. The largest absolute Gasteiger partial charge is 0.453 e. The highest BCUT2D eigenvalue weighted by atomic mass is 19.4. The van der Waals surface area contributed by atoms with E-state index in [0.717, 1.165) is 12.1 Å². The van der Waals surface area contributed by atoms with Crippen LogP contribution in [0.25, 0.3) is 28.2 Å². The Bertz CT molecular complexity index is 2230. The van der Waals surface area contributed by atoms with Crippen molar-refractivity contribution in [2.75, 3.05) is 37.9 Å². The number of ether oxygens (including phenoxy) is 2. The molecule has 4 N–H and O–H groups in total. The lowest BCUT2D eigenvalue weighted by Crippen LogP contribution is -2.54. The molecule has 1 aromatic heterocycles. The number of amides is 6. The zero-order valence-corrected chi connectivity index (χ0v) is 37.0. The number of benzene rings is 3. The molecule has 65 heavy (non-hydrogen) atoms. The van der Waals surface area contributed by atoms with Gasteiger partial charge in [0.25, 0.3) is 0 Å². The van der Waals surface area contributed by atoms with Crippen LogP contribution < -0.4 is 21.3 Å². The normalized spacial score (nSPS) is 17.1. The van der Waals surface area contributed by atoms with E-state index < -0.39 is 48.1 Å². The van der Waals surface area contributed by atoms with Gasteiger partial charge in [-0.05, 0) is 109 Å². The second-order valence-corrected chi connectivity index (χ2v) is 16.7. The molecule has 3 heterocycles. The standard InChI is InChI=1S/C47H54F3N7O8/c1-27(2)39(53-45(62)64-5)43(60)55-25-7-9-37(55)41(58)51-32-17-11-29(12-18-32)35-23-24-36(57(35)34-21-15-31(16-22-34)47(48,49)50)30-13-19-33(20-14-30)52-42(59)38-10-8-26-56(38)44(61)40(28(3)4)54-46(63)65-6/h11-24,27-28,37-40H,7-10,25-26H2,1-6H3,(H,51,58)(H,52,59)(H,53,62)(H,54,63).